The summed E-state index contributed by atoms with van der Waals surface area (Å²) < 4.78 is 0. The average Bonchev–Trinajstić information content (AvgIpc) is 2.55. The molecule has 0 unspecified atom stereocenters. The molecule has 2 aromatic carbocycles. The van der Waals surface area contributed by atoms with Gasteiger partial charge >= 0.3 is 0 Å². The fraction of sp³-hybridized carbons (Fsp3) is 0. The maximum atomic E-state index is 12.2. The summed E-state index contributed by atoms with van der Waals surface area (Å²) in [5.41, 5.74) is 3.20. The summed E-state index contributed by atoms with van der Waals surface area (Å²) in [4.78, 5) is 24.0. The third-order valence-corrected chi connectivity index (χ3v) is 3.09. The van der Waals surface area contributed by atoms with Crippen molar-refractivity contribution in [3.05, 3.63) is 76.4 Å². The Balaban J connectivity index is 2.24. The van der Waals surface area contributed by atoms with E-state index in [-0.39, 0.29) is 5.70 Å². The summed E-state index contributed by atoms with van der Waals surface area (Å²) in [6.45, 7) is 0. The van der Waals surface area contributed by atoms with Crippen LogP contribution in [0, 0.1) is 0 Å². The lowest BCUT2D eigenvalue weighted by Gasteiger charge is -2.09. The molecule has 4 N–H and O–H groups in total. The normalized spacial score (nSPS) is 10.9. The number of amides is 2. The van der Waals surface area contributed by atoms with E-state index in [4.69, 9.17) is 17.4 Å². The minimum atomic E-state index is -0.592. The van der Waals surface area contributed by atoms with Gasteiger partial charge in [0.25, 0.3) is 11.8 Å². The van der Waals surface area contributed by atoms with Gasteiger partial charge in [-0.1, -0.05) is 41.9 Å². The molecule has 0 aliphatic heterocycles. The second-order valence-electron chi connectivity index (χ2n) is 4.40. The molecule has 0 atom stereocenters. The van der Waals surface area contributed by atoms with Crippen molar-refractivity contribution < 1.29 is 9.59 Å². The Hall–Kier alpha value is -2.63. The summed E-state index contributed by atoms with van der Waals surface area (Å²) in [6, 6.07) is 15.4. The van der Waals surface area contributed by atoms with Crippen LogP contribution in [0.15, 0.2) is 60.3 Å². The standard InChI is InChI=1S/C16H14ClN3O2/c17-13-8-6-12(7-9-13)15(21)19-14(16(22)20-18)10-11-4-2-1-3-5-11/h1-10H,18H2,(H,19,21)(H,20,22). The molecule has 0 spiro atoms. The highest BCUT2D eigenvalue weighted by Crippen LogP contribution is 2.11. The van der Waals surface area contributed by atoms with E-state index in [1.54, 1.807) is 36.4 Å². The number of nitrogens with one attached hydrogen (secondary N) is 2. The number of halogens is 1. The third kappa shape index (κ3) is 4.18. The Labute approximate surface area is 132 Å². The van der Waals surface area contributed by atoms with E-state index in [2.05, 4.69) is 5.32 Å². The van der Waals surface area contributed by atoms with Gasteiger partial charge in [-0.05, 0) is 35.9 Å². The number of nitrogens with two attached hydrogens (primary N) is 1. The Kier molecular flexibility index (Phi) is 5.30. The third-order valence-electron chi connectivity index (χ3n) is 2.84. The molecule has 0 saturated heterocycles. The molecule has 22 heavy (non-hydrogen) atoms. The Bertz CT molecular complexity index is 697. The number of hydrogen-bond donors (Lipinski definition) is 3. The van der Waals surface area contributed by atoms with Crippen molar-refractivity contribution in [2.45, 2.75) is 0 Å². The van der Waals surface area contributed by atoms with Crippen LogP contribution in [-0.4, -0.2) is 11.8 Å². The summed E-state index contributed by atoms with van der Waals surface area (Å²) in [5.74, 6) is 4.13. The van der Waals surface area contributed by atoms with Gasteiger partial charge in [0, 0.05) is 10.6 Å². The van der Waals surface area contributed by atoms with Gasteiger partial charge in [0.1, 0.15) is 5.70 Å². The van der Waals surface area contributed by atoms with E-state index in [0.29, 0.717) is 10.6 Å². The second-order valence-corrected chi connectivity index (χ2v) is 4.84. The minimum absolute atomic E-state index is 0.0497. The molecule has 2 amide bonds. The topological polar surface area (TPSA) is 84.2 Å². The van der Waals surface area contributed by atoms with E-state index in [1.807, 2.05) is 23.6 Å². The van der Waals surface area contributed by atoms with Crippen LogP contribution in [-0.2, 0) is 4.79 Å². The fourth-order valence-corrected chi connectivity index (χ4v) is 1.87. The van der Waals surface area contributed by atoms with Crippen LogP contribution >= 0.6 is 11.6 Å². The lowest BCUT2D eigenvalue weighted by molar-refractivity contribution is -0.117. The van der Waals surface area contributed by atoms with Crippen LogP contribution < -0.4 is 16.6 Å². The van der Waals surface area contributed by atoms with Crippen LogP contribution in [0.25, 0.3) is 6.08 Å². The predicted molar refractivity (Wildman–Crippen MR) is 85.7 cm³/mol. The monoisotopic (exact) mass is 315 g/mol. The molecule has 0 saturated carbocycles. The molecule has 2 rings (SSSR count). The molecule has 6 heteroatoms. The van der Waals surface area contributed by atoms with Crippen molar-refractivity contribution in [1.29, 1.82) is 0 Å². The van der Waals surface area contributed by atoms with Crippen molar-refractivity contribution in [2.24, 2.45) is 5.84 Å². The highest BCUT2D eigenvalue weighted by molar-refractivity contribution is 6.30. The van der Waals surface area contributed by atoms with Crippen LogP contribution in [0.4, 0.5) is 0 Å². The van der Waals surface area contributed by atoms with E-state index >= 15 is 0 Å². The molecule has 2 aromatic rings. The molecule has 0 bridgehead atoms. The van der Waals surface area contributed by atoms with Crippen molar-refractivity contribution in [1.82, 2.24) is 10.7 Å². The molecule has 0 aliphatic carbocycles. The molecular formula is C16H14ClN3O2. The molecule has 5 nitrogen and oxygen atoms in total. The smallest absolute Gasteiger partial charge is 0.281 e. The molecule has 112 valence electrons. The summed E-state index contributed by atoms with van der Waals surface area (Å²) in [7, 11) is 0. The van der Waals surface area contributed by atoms with Crippen LogP contribution in [0.1, 0.15) is 15.9 Å². The van der Waals surface area contributed by atoms with E-state index < -0.39 is 11.8 Å². The van der Waals surface area contributed by atoms with Crippen LogP contribution in [0.5, 0.6) is 0 Å². The minimum Gasteiger partial charge on any atom is -0.317 e. The maximum Gasteiger partial charge on any atom is 0.281 e. The average molecular weight is 316 g/mol. The number of carbonyl (C=O) groups excluding carboxylic acids is 2. The highest BCUT2D eigenvalue weighted by Gasteiger charge is 2.13. The predicted octanol–water partition coefficient (Wildman–Crippen LogP) is 2.10. The Morgan fingerprint density at radius 1 is 1.00 bits per heavy atom. The SMILES string of the molecule is NNC(=O)C(=Cc1ccccc1)NC(=O)c1ccc(Cl)cc1. The maximum absolute atomic E-state index is 12.2. The number of rotatable bonds is 4. The van der Waals surface area contributed by atoms with Crippen LogP contribution in [0.3, 0.4) is 0 Å². The van der Waals surface area contributed by atoms with Gasteiger partial charge < -0.3 is 5.32 Å². The van der Waals surface area contributed by atoms with Gasteiger partial charge in [0.05, 0.1) is 0 Å². The van der Waals surface area contributed by atoms with Crippen molar-refractivity contribution in [3.63, 3.8) is 0 Å². The zero-order chi connectivity index (χ0) is 15.9. The Morgan fingerprint density at radius 2 is 1.64 bits per heavy atom. The first kappa shape index (κ1) is 15.8. The van der Waals surface area contributed by atoms with Crippen LogP contribution in [0.2, 0.25) is 5.02 Å². The molecular weight excluding hydrogens is 302 g/mol. The molecule has 0 radical (unpaired) electrons. The Morgan fingerprint density at radius 3 is 2.23 bits per heavy atom. The van der Waals surface area contributed by atoms with E-state index in [0.717, 1.165) is 5.56 Å². The summed E-state index contributed by atoms with van der Waals surface area (Å²) in [6.07, 6.45) is 1.54. The highest BCUT2D eigenvalue weighted by atomic mass is 35.5. The van der Waals surface area contributed by atoms with E-state index in [1.165, 1.54) is 6.08 Å². The number of carbonyl (C=O) groups is 2. The molecule has 0 heterocycles. The van der Waals surface area contributed by atoms with Gasteiger partial charge in [-0.15, -0.1) is 0 Å². The van der Waals surface area contributed by atoms with Gasteiger partial charge in [0.15, 0.2) is 0 Å². The molecule has 0 aromatic heterocycles. The molecule has 0 aliphatic rings. The fourth-order valence-electron chi connectivity index (χ4n) is 1.75. The van der Waals surface area contributed by atoms with Gasteiger partial charge in [-0.3, -0.25) is 15.0 Å². The van der Waals surface area contributed by atoms with Crippen molar-refractivity contribution in [2.75, 3.05) is 0 Å². The largest absolute Gasteiger partial charge is 0.317 e. The number of benzene rings is 2. The first-order valence-electron chi connectivity index (χ1n) is 6.45. The zero-order valence-corrected chi connectivity index (χ0v) is 12.3. The van der Waals surface area contributed by atoms with Gasteiger partial charge in [-0.2, -0.15) is 0 Å². The first-order valence-corrected chi connectivity index (χ1v) is 6.82. The van der Waals surface area contributed by atoms with Crippen molar-refractivity contribution in [3.8, 4) is 0 Å². The quantitative estimate of drug-likeness (QED) is 0.349. The number of hydrogen-bond acceptors (Lipinski definition) is 3. The summed E-state index contributed by atoms with van der Waals surface area (Å²) >= 11 is 5.78. The lowest BCUT2D eigenvalue weighted by atomic mass is 10.1. The summed E-state index contributed by atoms with van der Waals surface area (Å²) in [5, 5.41) is 3.06. The first-order chi connectivity index (χ1) is 10.6. The number of hydrazine groups is 1. The molecule has 0 fully saturated rings. The lowest BCUT2D eigenvalue weighted by Crippen LogP contribution is -2.38. The van der Waals surface area contributed by atoms with Gasteiger partial charge in [-0.25, -0.2) is 5.84 Å². The second kappa shape index (κ2) is 7.40. The zero-order valence-electron chi connectivity index (χ0n) is 11.5. The van der Waals surface area contributed by atoms with Gasteiger partial charge in [0.2, 0.25) is 0 Å². The van der Waals surface area contributed by atoms with E-state index in [9.17, 15) is 9.59 Å². The van der Waals surface area contributed by atoms with Crippen molar-refractivity contribution >= 4 is 29.5 Å².